The largest absolute Gasteiger partial charge is 0.320 e. The SMILES string of the molecule is Cn1nc(C(=O)Nc2cc3c(cc2Br)CCC3)ccc1=O. The van der Waals surface area contributed by atoms with E-state index in [2.05, 4.69) is 32.4 Å². The summed E-state index contributed by atoms with van der Waals surface area (Å²) in [5, 5.41) is 6.79. The summed E-state index contributed by atoms with van der Waals surface area (Å²) < 4.78 is 2.01. The molecule has 0 atom stereocenters. The molecule has 0 saturated heterocycles. The summed E-state index contributed by atoms with van der Waals surface area (Å²) in [6, 6.07) is 6.83. The Morgan fingerprint density at radius 3 is 2.71 bits per heavy atom. The average molecular weight is 348 g/mol. The molecule has 0 aliphatic heterocycles. The molecule has 1 aromatic carbocycles. The van der Waals surface area contributed by atoms with E-state index in [1.165, 1.54) is 30.3 Å². The molecule has 0 fully saturated rings. The predicted octanol–water partition coefficient (Wildman–Crippen LogP) is 2.28. The van der Waals surface area contributed by atoms with Gasteiger partial charge in [0.25, 0.3) is 11.5 Å². The Bertz CT molecular complexity index is 783. The number of aryl methyl sites for hydroxylation is 3. The number of rotatable bonds is 2. The number of nitrogens with one attached hydrogen (secondary N) is 1. The number of fused-ring (bicyclic) bond motifs is 1. The van der Waals surface area contributed by atoms with Crippen molar-refractivity contribution in [1.82, 2.24) is 9.78 Å². The highest BCUT2D eigenvalue weighted by Gasteiger charge is 2.16. The Labute approximate surface area is 130 Å². The summed E-state index contributed by atoms with van der Waals surface area (Å²) in [4.78, 5) is 23.5. The van der Waals surface area contributed by atoms with E-state index in [-0.39, 0.29) is 17.2 Å². The van der Waals surface area contributed by atoms with E-state index in [9.17, 15) is 9.59 Å². The molecule has 5 nitrogen and oxygen atoms in total. The van der Waals surface area contributed by atoms with Crippen molar-refractivity contribution in [3.05, 3.63) is 55.9 Å². The van der Waals surface area contributed by atoms with Gasteiger partial charge in [0, 0.05) is 17.6 Å². The number of anilines is 1. The highest BCUT2D eigenvalue weighted by atomic mass is 79.9. The molecular formula is C15H14BrN3O2. The van der Waals surface area contributed by atoms with E-state index in [1.807, 2.05) is 6.07 Å². The molecule has 0 bridgehead atoms. The number of hydrogen-bond acceptors (Lipinski definition) is 3. The Kier molecular flexibility index (Phi) is 3.63. The van der Waals surface area contributed by atoms with Gasteiger partial charge >= 0.3 is 0 Å². The van der Waals surface area contributed by atoms with E-state index in [0.29, 0.717) is 0 Å². The topological polar surface area (TPSA) is 64.0 Å². The van der Waals surface area contributed by atoms with Crippen LogP contribution in [0.4, 0.5) is 5.69 Å². The Morgan fingerprint density at radius 2 is 2.00 bits per heavy atom. The molecular weight excluding hydrogens is 334 g/mol. The lowest BCUT2D eigenvalue weighted by Gasteiger charge is -2.10. The molecule has 3 rings (SSSR count). The van der Waals surface area contributed by atoms with E-state index >= 15 is 0 Å². The van der Waals surface area contributed by atoms with Gasteiger partial charge in [-0.3, -0.25) is 9.59 Å². The molecule has 108 valence electrons. The van der Waals surface area contributed by atoms with E-state index in [0.717, 1.165) is 34.1 Å². The molecule has 1 aromatic heterocycles. The Morgan fingerprint density at radius 1 is 1.29 bits per heavy atom. The van der Waals surface area contributed by atoms with Gasteiger partial charge in [0.15, 0.2) is 0 Å². The second-order valence-corrected chi connectivity index (χ2v) is 5.94. The van der Waals surface area contributed by atoms with Crippen molar-refractivity contribution < 1.29 is 4.79 Å². The summed E-state index contributed by atoms with van der Waals surface area (Å²) in [5.41, 5.74) is 3.31. The first-order valence-corrected chi connectivity index (χ1v) is 7.51. The number of nitrogens with zero attached hydrogens (tertiary/aromatic N) is 2. The van der Waals surface area contributed by atoms with Crippen LogP contribution in [-0.4, -0.2) is 15.7 Å². The maximum absolute atomic E-state index is 12.2. The van der Waals surface area contributed by atoms with Crippen LogP contribution in [0.25, 0.3) is 0 Å². The fourth-order valence-corrected chi connectivity index (χ4v) is 2.99. The van der Waals surface area contributed by atoms with Crippen LogP contribution in [0.2, 0.25) is 0 Å². The molecule has 0 saturated carbocycles. The lowest BCUT2D eigenvalue weighted by molar-refractivity contribution is 0.102. The summed E-state index contributed by atoms with van der Waals surface area (Å²) in [7, 11) is 1.52. The quantitative estimate of drug-likeness (QED) is 0.906. The first kappa shape index (κ1) is 14.0. The number of hydrogen-bond donors (Lipinski definition) is 1. The normalized spacial score (nSPS) is 13.0. The van der Waals surface area contributed by atoms with Crippen LogP contribution in [0.1, 0.15) is 28.0 Å². The van der Waals surface area contributed by atoms with Crippen LogP contribution in [-0.2, 0) is 19.9 Å². The lowest BCUT2D eigenvalue weighted by atomic mass is 10.1. The predicted molar refractivity (Wildman–Crippen MR) is 83.6 cm³/mol. The first-order valence-electron chi connectivity index (χ1n) is 6.71. The number of halogens is 1. The molecule has 1 aliphatic rings. The third kappa shape index (κ3) is 2.76. The van der Waals surface area contributed by atoms with Gasteiger partial charge in [-0.15, -0.1) is 0 Å². The van der Waals surface area contributed by atoms with Crippen molar-refractivity contribution in [2.24, 2.45) is 7.05 Å². The molecule has 2 aromatic rings. The standard InChI is InChI=1S/C15H14BrN3O2/c1-19-14(20)6-5-12(18-19)15(21)17-13-8-10-4-2-3-9(10)7-11(13)16/h5-8H,2-4H2,1H3,(H,17,21). The van der Waals surface area contributed by atoms with Crippen molar-refractivity contribution in [3.8, 4) is 0 Å². The number of carbonyl (C=O) groups is 1. The van der Waals surface area contributed by atoms with Crippen molar-refractivity contribution in [3.63, 3.8) is 0 Å². The van der Waals surface area contributed by atoms with E-state index in [4.69, 9.17) is 0 Å². The minimum absolute atomic E-state index is 0.212. The van der Waals surface area contributed by atoms with Gasteiger partial charge in [-0.05, 0) is 64.5 Å². The van der Waals surface area contributed by atoms with Crippen LogP contribution in [0.3, 0.4) is 0 Å². The molecule has 21 heavy (non-hydrogen) atoms. The molecule has 0 spiro atoms. The second kappa shape index (κ2) is 5.44. The monoisotopic (exact) mass is 347 g/mol. The van der Waals surface area contributed by atoms with E-state index < -0.39 is 0 Å². The average Bonchev–Trinajstić information content (AvgIpc) is 2.89. The zero-order chi connectivity index (χ0) is 15.0. The fourth-order valence-electron chi connectivity index (χ4n) is 2.50. The molecule has 1 heterocycles. The minimum atomic E-state index is -0.329. The highest BCUT2D eigenvalue weighted by Crippen LogP contribution is 2.31. The van der Waals surface area contributed by atoms with Gasteiger partial charge in [-0.2, -0.15) is 5.10 Å². The van der Waals surface area contributed by atoms with Crippen molar-refractivity contribution in [2.45, 2.75) is 19.3 Å². The number of aromatic nitrogens is 2. The zero-order valence-corrected chi connectivity index (χ0v) is 13.1. The number of benzene rings is 1. The van der Waals surface area contributed by atoms with E-state index in [1.54, 1.807) is 0 Å². The lowest BCUT2D eigenvalue weighted by Crippen LogP contribution is -2.23. The molecule has 1 aliphatic carbocycles. The van der Waals surface area contributed by atoms with Crippen LogP contribution in [0, 0.1) is 0 Å². The second-order valence-electron chi connectivity index (χ2n) is 5.09. The smallest absolute Gasteiger partial charge is 0.276 e. The number of carbonyl (C=O) groups excluding carboxylic acids is 1. The van der Waals surface area contributed by atoms with Crippen LogP contribution in [0.15, 0.2) is 33.5 Å². The third-order valence-corrected chi connectivity index (χ3v) is 4.28. The minimum Gasteiger partial charge on any atom is -0.320 e. The summed E-state index contributed by atoms with van der Waals surface area (Å²) in [6.07, 6.45) is 3.29. The summed E-state index contributed by atoms with van der Waals surface area (Å²) in [5.74, 6) is -0.329. The highest BCUT2D eigenvalue weighted by molar-refractivity contribution is 9.10. The van der Waals surface area contributed by atoms with Crippen molar-refractivity contribution >= 4 is 27.5 Å². The van der Waals surface area contributed by atoms with Gasteiger partial charge in [0.1, 0.15) is 5.69 Å². The third-order valence-electron chi connectivity index (χ3n) is 3.62. The van der Waals surface area contributed by atoms with Crippen LogP contribution in [0.5, 0.6) is 0 Å². The van der Waals surface area contributed by atoms with Gasteiger partial charge in [0.2, 0.25) is 0 Å². The molecule has 6 heteroatoms. The summed E-state index contributed by atoms with van der Waals surface area (Å²) >= 11 is 3.49. The van der Waals surface area contributed by atoms with Crippen LogP contribution >= 0.6 is 15.9 Å². The number of amides is 1. The van der Waals surface area contributed by atoms with Crippen LogP contribution < -0.4 is 10.9 Å². The van der Waals surface area contributed by atoms with Gasteiger partial charge in [0.05, 0.1) is 5.69 Å². The van der Waals surface area contributed by atoms with Crippen molar-refractivity contribution in [2.75, 3.05) is 5.32 Å². The maximum atomic E-state index is 12.2. The molecule has 0 radical (unpaired) electrons. The van der Waals surface area contributed by atoms with Crippen molar-refractivity contribution in [1.29, 1.82) is 0 Å². The van der Waals surface area contributed by atoms with Gasteiger partial charge < -0.3 is 5.32 Å². The molecule has 1 amide bonds. The van der Waals surface area contributed by atoms with Gasteiger partial charge in [-0.1, -0.05) is 0 Å². The summed E-state index contributed by atoms with van der Waals surface area (Å²) in [6.45, 7) is 0. The molecule has 0 unspecified atom stereocenters. The molecule has 1 N–H and O–H groups in total. The first-order chi connectivity index (χ1) is 10.0. The Balaban J connectivity index is 1.88. The zero-order valence-electron chi connectivity index (χ0n) is 11.5. The maximum Gasteiger partial charge on any atom is 0.276 e. The Hall–Kier alpha value is -1.95. The van der Waals surface area contributed by atoms with Gasteiger partial charge in [-0.25, -0.2) is 4.68 Å². The fraction of sp³-hybridized carbons (Fsp3) is 0.267.